The highest BCUT2D eigenvalue weighted by atomic mass is 15.1. The van der Waals surface area contributed by atoms with E-state index < -0.39 is 0 Å². The molecule has 1 nitrogen and oxygen atoms in total. The third-order valence-corrected chi connectivity index (χ3v) is 4.04. The van der Waals surface area contributed by atoms with E-state index in [0.29, 0.717) is 0 Å². The van der Waals surface area contributed by atoms with Crippen LogP contribution < -0.4 is 0 Å². The van der Waals surface area contributed by atoms with E-state index in [-0.39, 0.29) is 5.41 Å². The fraction of sp³-hybridized carbons (Fsp3) is 0.647. The monoisotopic (exact) mass is 245 g/mol. The molecule has 1 heterocycles. The Kier molecular flexibility index (Phi) is 4.11. The van der Waals surface area contributed by atoms with Crippen LogP contribution >= 0.6 is 0 Å². The minimum atomic E-state index is 0.267. The van der Waals surface area contributed by atoms with Gasteiger partial charge in [-0.2, -0.15) is 0 Å². The summed E-state index contributed by atoms with van der Waals surface area (Å²) in [6.07, 6.45) is 2.57. The summed E-state index contributed by atoms with van der Waals surface area (Å²) in [5.74, 6) is 0.897. The van der Waals surface area contributed by atoms with Crippen molar-refractivity contribution in [1.82, 2.24) is 4.90 Å². The molecule has 1 heteroatoms. The van der Waals surface area contributed by atoms with Gasteiger partial charge in [0, 0.05) is 13.1 Å². The Balaban J connectivity index is 1.87. The van der Waals surface area contributed by atoms with Gasteiger partial charge in [-0.05, 0) is 41.8 Å². The second kappa shape index (κ2) is 5.44. The molecule has 0 radical (unpaired) electrons. The normalized spacial score (nSPS) is 21.4. The van der Waals surface area contributed by atoms with Gasteiger partial charge < -0.3 is 4.90 Å². The van der Waals surface area contributed by atoms with Crippen LogP contribution in [0.2, 0.25) is 0 Å². The van der Waals surface area contributed by atoms with E-state index >= 15 is 0 Å². The summed E-state index contributed by atoms with van der Waals surface area (Å²) >= 11 is 0. The largest absolute Gasteiger partial charge is 0.303 e. The topological polar surface area (TPSA) is 3.24 Å². The number of hydrogen-bond donors (Lipinski definition) is 0. The zero-order valence-corrected chi connectivity index (χ0v) is 12.4. The molecule has 0 amide bonds. The Labute approximate surface area is 112 Å². The molecule has 18 heavy (non-hydrogen) atoms. The van der Waals surface area contributed by atoms with Crippen LogP contribution in [0, 0.1) is 5.92 Å². The molecule has 1 fully saturated rings. The Morgan fingerprint density at radius 3 is 2.33 bits per heavy atom. The summed E-state index contributed by atoms with van der Waals surface area (Å²) in [7, 11) is 0. The molecule has 1 aliphatic heterocycles. The zero-order chi connectivity index (χ0) is 13.2. The molecule has 0 N–H and O–H groups in total. The minimum absolute atomic E-state index is 0.267. The minimum Gasteiger partial charge on any atom is -0.303 e. The predicted octanol–water partition coefficient (Wildman–Crippen LogP) is 3.87. The maximum absolute atomic E-state index is 2.60. The van der Waals surface area contributed by atoms with Gasteiger partial charge in [-0.25, -0.2) is 0 Å². The summed E-state index contributed by atoms with van der Waals surface area (Å²) in [6, 6.07) is 9.20. The fourth-order valence-electron chi connectivity index (χ4n) is 2.69. The van der Waals surface area contributed by atoms with Crippen molar-refractivity contribution in [1.29, 1.82) is 0 Å². The number of rotatable bonds is 3. The molecular formula is C17H27N. The average molecular weight is 245 g/mol. The first-order valence-electron chi connectivity index (χ1n) is 7.27. The molecule has 1 aromatic rings. The molecular weight excluding hydrogens is 218 g/mol. The number of likely N-dealkylation sites (tertiary alicyclic amines) is 1. The van der Waals surface area contributed by atoms with Crippen LogP contribution in [0.4, 0.5) is 0 Å². The molecule has 0 bridgehead atoms. The Hall–Kier alpha value is -0.820. The second-order valence-corrected chi connectivity index (χ2v) is 6.89. The van der Waals surface area contributed by atoms with Crippen LogP contribution in [-0.4, -0.2) is 24.5 Å². The van der Waals surface area contributed by atoms with Crippen molar-refractivity contribution in [2.45, 2.75) is 46.0 Å². The van der Waals surface area contributed by atoms with E-state index in [9.17, 15) is 0 Å². The van der Waals surface area contributed by atoms with Crippen LogP contribution in [0.3, 0.4) is 0 Å². The van der Waals surface area contributed by atoms with Gasteiger partial charge in [0.1, 0.15) is 0 Å². The molecule has 0 aliphatic carbocycles. The molecule has 1 atom stereocenters. The molecule has 1 aliphatic rings. The van der Waals surface area contributed by atoms with Crippen LogP contribution in [-0.2, 0) is 11.8 Å². The first-order chi connectivity index (χ1) is 8.45. The van der Waals surface area contributed by atoms with Gasteiger partial charge in [-0.3, -0.25) is 0 Å². The highest BCUT2D eigenvalue weighted by Crippen LogP contribution is 2.22. The van der Waals surface area contributed by atoms with E-state index in [2.05, 4.69) is 56.9 Å². The van der Waals surface area contributed by atoms with Crippen molar-refractivity contribution in [3.8, 4) is 0 Å². The number of nitrogens with zero attached hydrogens (tertiary/aromatic N) is 1. The maximum atomic E-state index is 2.60. The van der Waals surface area contributed by atoms with Crippen LogP contribution in [0.15, 0.2) is 24.3 Å². The number of hydrogen-bond acceptors (Lipinski definition) is 1. The molecule has 1 aromatic carbocycles. The van der Waals surface area contributed by atoms with Crippen molar-refractivity contribution < 1.29 is 0 Å². The van der Waals surface area contributed by atoms with Crippen LogP contribution in [0.25, 0.3) is 0 Å². The van der Waals surface area contributed by atoms with Gasteiger partial charge >= 0.3 is 0 Å². The van der Waals surface area contributed by atoms with Gasteiger partial charge in [0.15, 0.2) is 0 Å². The third kappa shape index (κ3) is 3.58. The summed E-state index contributed by atoms with van der Waals surface area (Å²) in [5.41, 5.74) is 3.17. The lowest BCUT2D eigenvalue weighted by atomic mass is 9.86. The van der Waals surface area contributed by atoms with Crippen molar-refractivity contribution in [3.63, 3.8) is 0 Å². The first-order valence-corrected chi connectivity index (χ1v) is 7.27. The van der Waals surface area contributed by atoms with E-state index in [4.69, 9.17) is 0 Å². The molecule has 0 saturated carbocycles. The van der Waals surface area contributed by atoms with E-state index in [0.717, 1.165) is 5.92 Å². The maximum Gasteiger partial charge on any atom is 0.00219 e. The highest BCUT2D eigenvalue weighted by molar-refractivity contribution is 5.27. The van der Waals surface area contributed by atoms with Crippen LogP contribution in [0.5, 0.6) is 0 Å². The number of benzene rings is 1. The summed E-state index contributed by atoms with van der Waals surface area (Å²) in [4.78, 5) is 2.60. The standard InChI is InChI=1S/C17H27N/c1-14-9-11-18(13-14)12-10-15-5-7-16(8-6-15)17(2,3)4/h5-8,14H,9-13H2,1-4H3/t14-/m1/s1. The molecule has 2 rings (SSSR count). The Morgan fingerprint density at radius 2 is 1.83 bits per heavy atom. The first kappa shape index (κ1) is 13.6. The highest BCUT2D eigenvalue weighted by Gasteiger charge is 2.18. The van der Waals surface area contributed by atoms with Gasteiger partial charge in [0.2, 0.25) is 0 Å². The SMILES string of the molecule is C[C@@H]1CCN(CCc2ccc(C(C)(C)C)cc2)C1. The lowest BCUT2D eigenvalue weighted by Crippen LogP contribution is -2.23. The van der Waals surface area contributed by atoms with Crippen LogP contribution in [0.1, 0.15) is 45.2 Å². The van der Waals surface area contributed by atoms with Gasteiger partial charge in [0.05, 0.1) is 0 Å². The average Bonchev–Trinajstić information content (AvgIpc) is 2.72. The Morgan fingerprint density at radius 1 is 1.17 bits per heavy atom. The lowest BCUT2D eigenvalue weighted by Gasteiger charge is -2.19. The second-order valence-electron chi connectivity index (χ2n) is 6.89. The van der Waals surface area contributed by atoms with Gasteiger partial charge in [-0.1, -0.05) is 52.0 Å². The predicted molar refractivity (Wildman–Crippen MR) is 79.1 cm³/mol. The van der Waals surface area contributed by atoms with E-state index in [1.165, 1.54) is 43.6 Å². The Bertz CT molecular complexity index is 372. The smallest absolute Gasteiger partial charge is 0.00219 e. The lowest BCUT2D eigenvalue weighted by molar-refractivity contribution is 0.332. The summed E-state index contributed by atoms with van der Waals surface area (Å²) in [5, 5.41) is 0. The molecule has 100 valence electrons. The summed E-state index contributed by atoms with van der Waals surface area (Å²) in [6.45, 7) is 13.0. The van der Waals surface area contributed by atoms with E-state index in [1.54, 1.807) is 0 Å². The quantitative estimate of drug-likeness (QED) is 0.781. The molecule has 0 spiro atoms. The summed E-state index contributed by atoms with van der Waals surface area (Å²) < 4.78 is 0. The third-order valence-electron chi connectivity index (χ3n) is 4.04. The van der Waals surface area contributed by atoms with Crippen molar-refractivity contribution in [2.24, 2.45) is 5.92 Å². The fourth-order valence-corrected chi connectivity index (χ4v) is 2.69. The van der Waals surface area contributed by atoms with E-state index in [1.807, 2.05) is 0 Å². The molecule has 0 aromatic heterocycles. The van der Waals surface area contributed by atoms with Crippen molar-refractivity contribution in [3.05, 3.63) is 35.4 Å². The van der Waals surface area contributed by atoms with Gasteiger partial charge in [0.25, 0.3) is 0 Å². The van der Waals surface area contributed by atoms with Gasteiger partial charge in [-0.15, -0.1) is 0 Å². The molecule has 1 saturated heterocycles. The zero-order valence-electron chi connectivity index (χ0n) is 12.4. The van der Waals surface area contributed by atoms with Crippen molar-refractivity contribution >= 4 is 0 Å². The van der Waals surface area contributed by atoms with Crippen molar-refractivity contribution in [2.75, 3.05) is 19.6 Å². The molecule has 0 unspecified atom stereocenters.